The van der Waals surface area contributed by atoms with Crippen LogP contribution >= 0.6 is 11.3 Å². The molecule has 0 saturated carbocycles. The van der Waals surface area contributed by atoms with Gasteiger partial charge in [-0.05, 0) is 51.5 Å². The highest BCUT2D eigenvalue weighted by Gasteiger charge is 2.36. The van der Waals surface area contributed by atoms with Crippen molar-refractivity contribution in [2.75, 3.05) is 25.0 Å². The van der Waals surface area contributed by atoms with Gasteiger partial charge >= 0.3 is 5.97 Å². The van der Waals surface area contributed by atoms with Crippen LogP contribution in [0.25, 0.3) is 0 Å². The average Bonchev–Trinajstić information content (AvgIpc) is 3.43. The minimum atomic E-state index is -3.74. The first kappa shape index (κ1) is 22.9. The van der Waals surface area contributed by atoms with Crippen LogP contribution in [0.4, 0.5) is 5.00 Å². The van der Waals surface area contributed by atoms with Gasteiger partial charge in [-0.1, -0.05) is 0 Å². The molecule has 2 aromatic rings. The van der Waals surface area contributed by atoms with Crippen LogP contribution in [0.1, 0.15) is 52.7 Å². The van der Waals surface area contributed by atoms with E-state index in [0.29, 0.717) is 35.6 Å². The monoisotopic (exact) mass is 480 g/mol. The van der Waals surface area contributed by atoms with Gasteiger partial charge in [0.2, 0.25) is 15.9 Å². The molecule has 0 spiro atoms. The van der Waals surface area contributed by atoms with E-state index in [2.05, 4.69) is 10.4 Å². The van der Waals surface area contributed by atoms with E-state index in [9.17, 15) is 18.0 Å². The Morgan fingerprint density at radius 3 is 2.78 bits per heavy atom. The van der Waals surface area contributed by atoms with Crippen molar-refractivity contribution >= 4 is 38.2 Å². The summed E-state index contributed by atoms with van der Waals surface area (Å²) in [5.74, 6) is -1.18. The number of sulfonamides is 1. The molecular weight excluding hydrogens is 452 g/mol. The second-order valence-electron chi connectivity index (χ2n) is 8.19. The first-order valence-corrected chi connectivity index (χ1v) is 13.1. The van der Waals surface area contributed by atoms with Crippen molar-refractivity contribution in [2.24, 2.45) is 13.0 Å². The number of nitrogens with one attached hydrogen (secondary N) is 1. The molecule has 9 nitrogen and oxygen atoms in total. The van der Waals surface area contributed by atoms with Crippen molar-refractivity contribution in [1.29, 1.82) is 0 Å². The summed E-state index contributed by atoms with van der Waals surface area (Å²) in [5.41, 5.74) is 2.00. The molecule has 3 heterocycles. The predicted octanol–water partition coefficient (Wildman–Crippen LogP) is 2.49. The van der Waals surface area contributed by atoms with Crippen molar-refractivity contribution in [2.45, 2.75) is 50.8 Å². The number of ether oxygens (including phenoxy) is 1. The van der Waals surface area contributed by atoms with Crippen molar-refractivity contribution in [1.82, 2.24) is 14.1 Å². The molecule has 1 saturated heterocycles. The highest BCUT2D eigenvalue weighted by Crippen LogP contribution is 2.40. The Bertz CT molecular complexity index is 1150. The average molecular weight is 481 g/mol. The molecule has 0 unspecified atom stereocenters. The largest absolute Gasteiger partial charge is 0.462 e. The Balaban J connectivity index is 1.52. The van der Waals surface area contributed by atoms with Crippen molar-refractivity contribution < 1.29 is 22.7 Å². The van der Waals surface area contributed by atoms with E-state index in [1.807, 2.05) is 0 Å². The van der Waals surface area contributed by atoms with Gasteiger partial charge in [-0.2, -0.15) is 9.40 Å². The normalized spacial score (nSPS) is 19.0. The van der Waals surface area contributed by atoms with Crippen LogP contribution in [0.3, 0.4) is 0 Å². The second-order valence-corrected chi connectivity index (χ2v) is 11.2. The number of hydrogen-bond acceptors (Lipinski definition) is 7. The number of hydrogen-bond donors (Lipinski definition) is 1. The molecule has 0 aromatic carbocycles. The Labute approximate surface area is 191 Å². The van der Waals surface area contributed by atoms with E-state index in [1.165, 1.54) is 26.5 Å². The number of esters is 1. The molecule has 4 rings (SSSR count). The fourth-order valence-electron chi connectivity index (χ4n) is 4.37. The maximum atomic E-state index is 13.1. The standard InChI is InChI=1S/C21H28N4O5S2/c1-4-30-21(27)18-15-8-5-9-16(15)31-20(18)23-19(26)14-7-6-10-25(12-14)32(28,29)17-11-22-24(3)13(17)2/h11,14H,4-10,12H2,1-3H3,(H,23,26)/t14-/m1/s1. The number of nitrogens with zero attached hydrogens (tertiary/aromatic N) is 3. The van der Waals surface area contributed by atoms with Gasteiger partial charge in [0.05, 0.1) is 30.0 Å². The van der Waals surface area contributed by atoms with Gasteiger partial charge in [0.15, 0.2) is 0 Å². The number of anilines is 1. The molecule has 1 atom stereocenters. The van der Waals surface area contributed by atoms with Crippen molar-refractivity contribution in [3.63, 3.8) is 0 Å². The van der Waals surface area contributed by atoms with Gasteiger partial charge in [-0.15, -0.1) is 11.3 Å². The SMILES string of the molecule is CCOC(=O)c1c(NC(=O)[C@@H]2CCCN(S(=O)(=O)c3cnn(C)c3C)C2)sc2c1CCC2. The third-order valence-electron chi connectivity index (χ3n) is 6.20. The van der Waals surface area contributed by atoms with Gasteiger partial charge in [0.25, 0.3) is 0 Å². The number of fused-ring (bicyclic) bond motifs is 1. The fraction of sp³-hybridized carbons (Fsp3) is 0.571. The molecule has 32 heavy (non-hydrogen) atoms. The van der Waals surface area contributed by atoms with Gasteiger partial charge in [-0.25, -0.2) is 13.2 Å². The summed E-state index contributed by atoms with van der Waals surface area (Å²) in [6.07, 6.45) is 5.21. The summed E-state index contributed by atoms with van der Waals surface area (Å²) in [6.45, 7) is 4.19. The van der Waals surface area contributed by atoms with Crippen LogP contribution in [0, 0.1) is 12.8 Å². The van der Waals surface area contributed by atoms with Gasteiger partial charge < -0.3 is 10.1 Å². The number of carbonyl (C=O) groups is 2. The summed E-state index contributed by atoms with van der Waals surface area (Å²) in [7, 11) is -2.04. The molecule has 174 valence electrons. The summed E-state index contributed by atoms with van der Waals surface area (Å²) in [4.78, 5) is 26.9. The number of carbonyl (C=O) groups excluding carboxylic acids is 2. The first-order valence-electron chi connectivity index (χ1n) is 10.8. The third kappa shape index (κ3) is 4.08. The number of aryl methyl sites for hydroxylation is 2. The number of aromatic nitrogens is 2. The van der Waals surface area contributed by atoms with E-state index in [-0.39, 0.29) is 24.0 Å². The van der Waals surface area contributed by atoms with Crippen molar-refractivity contribution in [3.05, 3.63) is 27.9 Å². The molecule has 2 aliphatic rings. The summed E-state index contributed by atoms with van der Waals surface area (Å²) < 4.78 is 34.4. The van der Waals surface area contributed by atoms with Gasteiger partial charge in [0, 0.05) is 25.0 Å². The highest BCUT2D eigenvalue weighted by molar-refractivity contribution is 7.89. The molecule has 0 radical (unpaired) electrons. The van der Waals surface area contributed by atoms with Crippen LogP contribution in [-0.2, 0) is 39.4 Å². The maximum Gasteiger partial charge on any atom is 0.341 e. The van der Waals surface area contributed by atoms with E-state index < -0.39 is 21.9 Å². The van der Waals surface area contributed by atoms with E-state index in [0.717, 1.165) is 29.7 Å². The minimum Gasteiger partial charge on any atom is -0.462 e. The highest BCUT2D eigenvalue weighted by atomic mass is 32.2. The summed E-state index contributed by atoms with van der Waals surface area (Å²) in [5, 5.41) is 7.47. The van der Waals surface area contributed by atoms with Crippen LogP contribution in [0.5, 0.6) is 0 Å². The number of piperidine rings is 1. The lowest BCUT2D eigenvalue weighted by Gasteiger charge is -2.31. The summed E-state index contributed by atoms with van der Waals surface area (Å²) in [6, 6.07) is 0. The number of thiophene rings is 1. The van der Waals surface area contributed by atoms with Crippen LogP contribution < -0.4 is 5.32 Å². The Morgan fingerprint density at radius 2 is 2.09 bits per heavy atom. The quantitative estimate of drug-likeness (QED) is 0.636. The molecular formula is C21H28N4O5S2. The molecule has 1 aliphatic heterocycles. The molecule has 1 fully saturated rings. The van der Waals surface area contributed by atoms with Crippen LogP contribution in [0.2, 0.25) is 0 Å². The maximum absolute atomic E-state index is 13.1. The zero-order chi connectivity index (χ0) is 23.0. The zero-order valence-electron chi connectivity index (χ0n) is 18.5. The summed E-state index contributed by atoms with van der Waals surface area (Å²) >= 11 is 1.43. The van der Waals surface area contributed by atoms with Crippen molar-refractivity contribution in [3.8, 4) is 0 Å². The topological polar surface area (TPSA) is 111 Å². The zero-order valence-corrected chi connectivity index (χ0v) is 20.1. The second kappa shape index (κ2) is 8.95. The molecule has 2 aromatic heterocycles. The van der Waals surface area contributed by atoms with Gasteiger partial charge in [-0.3, -0.25) is 9.48 Å². The lowest BCUT2D eigenvalue weighted by atomic mass is 9.99. The number of rotatable bonds is 6. The fourth-order valence-corrected chi connectivity index (χ4v) is 7.36. The number of amides is 1. The molecule has 1 N–H and O–H groups in total. The third-order valence-corrected chi connectivity index (χ3v) is 9.38. The molecule has 1 amide bonds. The van der Waals surface area contributed by atoms with E-state index in [1.54, 1.807) is 20.9 Å². The van der Waals surface area contributed by atoms with Crippen LogP contribution in [-0.4, -0.2) is 54.1 Å². The van der Waals surface area contributed by atoms with E-state index >= 15 is 0 Å². The Hall–Kier alpha value is -2.24. The molecule has 1 aliphatic carbocycles. The Morgan fingerprint density at radius 1 is 1.31 bits per heavy atom. The molecule has 11 heteroatoms. The van der Waals surface area contributed by atoms with Gasteiger partial charge in [0.1, 0.15) is 9.90 Å². The molecule has 0 bridgehead atoms. The predicted molar refractivity (Wildman–Crippen MR) is 120 cm³/mol. The minimum absolute atomic E-state index is 0.0995. The Kier molecular flexibility index (Phi) is 6.42. The lowest BCUT2D eigenvalue weighted by molar-refractivity contribution is -0.120. The van der Waals surface area contributed by atoms with Crippen LogP contribution in [0.15, 0.2) is 11.1 Å². The first-order chi connectivity index (χ1) is 15.2. The lowest BCUT2D eigenvalue weighted by Crippen LogP contribution is -2.43. The smallest absolute Gasteiger partial charge is 0.341 e. The van der Waals surface area contributed by atoms with E-state index in [4.69, 9.17) is 4.74 Å².